The number of imidazole rings is 1. The Balaban J connectivity index is 1.29. The zero-order chi connectivity index (χ0) is 19.9. The summed E-state index contributed by atoms with van der Waals surface area (Å²) in [5.41, 5.74) is 2.54. The molecule has 6 nitrogen and oxygen atoms in total. The van der Waals surface area contributed by atoms with Gasteiger partial charge in [0, 0.05) is 18.9 Å². The van der Waals surface area contributed by atoms with E-state index in [1.54, 1.807) is 18.2 Å². The van der Waals surface area contributed by atoms with Crippen LogP contribution in [0.2, 0.25) is 0 Å². The molecule has 2 aliphatic carbocycles. The van der Waals surface area contributed by atoms with E-state index >= 15 is 0 Å². The number of aromatic nitrogens is 2. The van der Waals surface area contributed by atoms with Crippen molar-refractivity contribution < 1.29 is 22.8 Å². The Hall–Kier alpha value is -2.58. The standard InChI is InChI=1S/C19H21F3N4O2/c20-19(21,22)4-3-16(27)23-9-11-1-2-13-14(7-11)26-15(25-13)10-24-17(28)12-8-18(12)5-6-18/h1-2,7,12H,3-6,8-10H2,(H,23,27)(H,24,28)(H,25,26). The average molecular weight is 394 g/mol. The Morgan fingerprint density at radius 3 is 2.68 bits per heavy atom. The molecule has 2 saturated carbocycles. The maximum absolute atomic E-state index is 12.1. The van der Waals surface area contributed by atoms with Crippen LogP contribution < -0.4 is 10.6 Å². The minimum Gasteiger partial charge on any atom is -0.352 e. The van der Waals surface area contributed by atoms with Crippen molar-refractivity contribution in [1.29, 1.82) is 0 Å². The lowest BCUT2D eigenvalue weighted by Crippen LogP contribution is -2.25. The molecule has 9 heteroatoms. The molecule has 0 aliphatic heterocycles. The van der Waals surface area contributed by atoms with Crippen LogP contribution in [0.1, 0.15) is 43.5 Å². The fourth-order valence-electron chi connectivity index (χ4n) is 3.57. The van der Waals surface area contributed by atoms with Crippen molar-refractivity contribution >= 4 is 22.8 Å². The van der Waals surface area contributed by atoms with Gasteiger partial charge in [-0.05, 0) is 42.4 Å². The molecule has 1 heterocycles. The van der Waals surface area contributed by atoms with Crippen LogP contribution in [-0.2, 0) is 22.7 Å². The molecule has 1 atom stereocenters. The van der Waals surface area contributed by atoms with Gasteiger partial charge in [0.15, 0.2) is 0 Å². The van der Waals surface area contributed by atoms with E-state index in [1.165, 1.54) is 0 Å². The van der Waals surface area contributed by atoms with E-state index in [0.717, 1.165) is 35.9 Å². The van der Waals surface area contributed by atoms with E-state index in [-0.39, 0.29) is 18.4 Å². The minimum absolute atomic E-state index is 0.0835. The third-order valence-electron chi connectivity index (χ3n) is 5.55. The van der Waals surface area contributed by atoms with Crippen molar-refractivity contribution in [3.8, 4) is 0 Å². The number of carbonyl (C=O) groups excluding carboxylic acids is 2. The number of benzene rings is 1. The number of fused-ring (bicyclic) bond motifs is 1. The predicted octanol–water partition coefficient (Wildman–Crippen LogP) is 2.94. The summed E-state index contributed by atoms with van der Waals surface area (Å²) in [6, 6.07) is 5.32. The number of carbonyl (C=O) groups is 2. The molecule has 2 aliphatic rings. The highest BCUT2D eigenvalue weighted by Crippen LogP contribution is 2.70. The fourth-order valence-corrected chi connectivity index (χ4v) is 3.57. The lowest BCUT2D eigenvalue weighted by Gasteiger charge is -2.07. The Labute approximate surface area is 159 Å². The van der Waals surface area contributed by atoms with E-state index in [0.29, 0.717) is 17.8 Å². The van der Waals surface area contributed by atoms with Crippen LogP contribution in [0.4, 0.5) is 13.2 Å². The van der Waals surface area contributed by atoms with E-state index in [9.17, 15) is 22.8 Å². The second-order valence-electron chi connectivity index (χ2n) is 7.76. The van der Waals surface area contributed by atoms with E-state index < -0.39 is 24.9 Å². The highest BCUT2D eigenvalue weighted by atomic mass is 19.4. The molecule has 28 heavy (non-hydrogen) atoms. The van der Waals surface area contributed by atoms with Gasteiger partial charge in [-0.3, -0.25) is 9.59 Å². The lowest BCUT2D eigenvalue weighted by atomic mass is 10.2. The first-order valence-corrected chi connectivity index (χ1v) is 9.33. The van der Waals surface area contributed by atoms with Crippen LogP contribution in [0.25, 0.3) is 11.0 Å². The smallest absolute Gasteiger partial charge is 0.352 e. The second-order valence-corrected chi connectivity index (χ2v) is 7.76. The molecule has 0 bridgehead atoms. The van der Waals surface area contributed by atoms with Gasteiger partial charge in [-0.2, -0.15) is 13.2 Å². The highest BCUT2D eigenvalue weighted by molar-refractivity contribution is 5.83. The van der Waals surface area contributed by atoms with Crippen molar-refractivity contribution in [3.05, 3.63) is 29.6 Å². The number of rotatable bonds is 7. The summed E-state index contributed by atoms with van der Waals surface area (Å²) in [5, 5.41) is 5.40. The van der Waals surface area contributed by atoms with E-state index in [1.807, 2.05) is 0 Å². The third kappa shape index (κ3) is 4.28. The largest absolute Gasteiger partial charge is 0.389 e. The summed E-state index contributed by atoms with van der Waals surface area (Å²) in [4.78, 5) is 31.2. The van der Waals surface area contributed by atoms with Gasteiger partial charge in [0.25, 0.3) is 0 Å². The Morgan fingerprint density at radius 2 is 2.00 bits per heavy atom. The first-order valence-electron chi connectivity index (χ1n) is 9.33. The number of hydrogen-bond acceptors (Lipinski definition) is 3. The van der Waals surface area contributed by atoms with Crippen molar-refractivity contribution in [2.24, 2.45) is 11.3 Å². The van der Waals surface area contributed by atoms with Crippen molar-refractivity contribution in [2.45, 2.75) is 51.4 Å². The van der Waals surface area contributed by atoms with Crippen molar-refractivity contribution in [1.82, 2.24) is 20.6 Å². The maximum atomic E-state index is 12.1. The van der Waals surface area contributed by atoms with Gasteiger partial charge in [0.2, 0.25) is 11.8 Å². The maximum Gasteiger partial charge on any atom is 0.389 e. The van der Waals surface area contributed by atoms with Crippen LogP contribution in [0.3, 0.4) is 0 Å². The van der Waals surface area contributed by atoms with Crippen LogP contribution in [-0.4, -0.2) is 28.0 Å². The van der Waals surface area contributed by atoms with Gasteiger partial charge in [0.05, 0.1) is 24.0 Å². The van der Waals surface area contributed by atoms with E-state index in [2.05, 4.69) is 20.6 Å². The van der Waals surface area contributed by atoms with Gasteiger partial charge in [-0.25, -0.2) is 4.98 Å². The van der Waals surface area contributed by atoms with Crippen LogP contribution in [0, 0.1) is 11.3 Å². The summed E-state index contributed by atoms with van der Waals surface area (Å²) < 4.78 is 36.4. The monoisotopic (exact) mass is 394 g/mol. The van der Waals surface area contributed by atoms with Crippen LogP contribution in [0.5, 0.6) is 0 Å². The van der Waals surface area contributed by atoms with Gasteiger partial charge in [0.1, 0.15) is 5.82 Å². The molecular formula is C19H21F3N4O2. The molecular weight excluding hydrogens is 373 g/mol. The molecule has 1 aromatic heterocycles. The summed E-state index contributed by atoms with van der Waals surface area (Å²) in [5.74, 6) is 0.240. The Morgan fingerprint density at radius 1 is 1.21 bits per heavy atom. The van der Waals surface area contributed by atoms with Gasteiger partial charge in [-0.15, -0.1) is 0 Å². The first-order chi connectivity index (χ1) is 13.2. The van der Waals surface area contributed by atoms with Crippen LogP contribution >= 0.6 is 0 Å². The molecule has 2 amide bonds. The zero-order valence-electron chi connectivity index (χ0n) is 15.2. The quantitative estimate of drug-likeness (QED) is 0.675. The minimum atomic E-state index is -4.34. The third-order valence-corrected chi connectivity index (χ3v) is 5.55. The Kier molecular flexibility index (Phi) is 4.55. The molecule has 1 aromatic carbocycles. The second kappa shape index (κ2) is 6.79. The van der Waals surface area contributed by atoms with Crippen molar-refractivity contribution in [2.75, 3.05) is 0 Å². The number of alkyl halides is 3. The molecule has 0 saturated heterocycles. The highest BCUT2D eigenvalue weighted by Gasteiger charge is 2.65. The van der Waals surface area contributed by atoms with Crippen molar-refractivity contribution in [3.63, 3.8) is 0 Å². The molecule has 1 unspecified atom stereocenters. The summed E-state index contributed by atoms with van der Waals surface area (Å²) in [6.07, 6.45) is -2.73. The van der Waals surface area contributed by atoms with Gasteiger partial charge < -0.3 is 15.6 Å². The SMILES string of the molecule is O=C(CCC(F)(F)F)NCc1ccc2nc(CNC(=O)C3CC34CC4)[nH]c2c1. The molecule has 1 spiro atoms. The van der Waals surface area contributed by atoms with Gasteiger partial charge in [-0.1, -0.05) is 6.07 Å². The number of nitrogens with one attached hydrogen (secondary N) is 3. The summed E-state index contributed by atoms with van der Waals surface area (Å²) in [7, 11) is 0. The van der Waals surface area contributed by atoms with E-state index in [4.69, 9.17) is 0 Å². The number of nitrogens with zero attached hydrogens (tertiary/aromatic N) is 1. The number of halogens is 3. The predicted molar refractivity (Wildman–Crippen MR) is 94.9 cm³/mol. The molecule has 150 valence electrons. The summed E-state index contributed by atoms with van der Waals surface area (Å²) >= 11 is 0. The molecule has 2 aromatic rings. The molecule has 0 radical (unpaired) electrons. The van der Waals surface area contributed by atoms with Gasteiger partial charge >= 0.3 is 6.18 Å². The normalized spacial score (nSPS) is 19.6. The summed E-state index contributed by atoms with van der Waals surface area (Å²) in [6.45, 7) is 0.463. The average Bonchev–Trinajstić information content (AvgIpc) is 3.53. The lowest BCUT2D eigenvalue weighted by molar-refractivity contribution is -0.144. The Bertz CT molecular complexity index is 918. The number of hydrogen-bond donors (Lipinski definition) is 3. The first kappa shape index (κ1) is 18.8. The number of aromatic amines is 1. The molecule has 4 rings (SSSR count). The topological polar surface area (TPSA) is 86.9 Å². The molecule has 2 fully saturated rings. The van der Waals surface area contributed by atoms with Crippen LogP contribution in [0.15, 0.2) is 18.2 Å². The molecule has 3 N–H and O–H groups in total. The number of amides is 2. The zero-order valence-corrected chi connectivity index (χ0v) is 15.2. The number of H-pyrrole nitrogens is 1. The fraction of sp³-hybridized carbons (Fsp3) is 0.526.